The number of rotatable bonds is 3. The molecule has 0 aliphatic heterocycles. The highest BCUT2D eigenvalue weighted by Gasteiger charge is 2.07. The molecule has 3 nitrogen and oxygen atoms in total. The van der Waals surface area contributed by atoms with Gasteiger partial charge in [0.15, 0.2) is 0 Å². The molecule has 0 bridgehead atoms. The van der Waals surface area contributed by atoms with Crippen LogP contribution in [0.5, 0.6) is 0 Å². The lowest BCUT2D eigenvalue weighted by molar-refractivity contribution is 0.503. The van der Waals surface area contributed by atoms with Gasteiger partial charge in [-0.3, -0.25) is 4.98 Å². The average Bonchev–Trinajstić information content (AvgIpc) is 2.20. The van der Waals surface area contributed by atoms with Gasteiger partial charge in [0.2, 0.25) is 0 Å². The average molecular weight is 190 g/mol. The molecule has 3 heteroatoms. The van der Waals surface area contributed by atoms with Gasteiger partial charge in [0.25, 0.3) is 0 Å². The van der Waals surface area contributed by atoms with Crippen LogP contribution in [0.15, 0.2) is 36.6 Å². The van der Waals surface area contributed by atoms with E-state index >= 15 is 0 Å². The second-order valence-electron chi connectivity index (χ2n) is 2.95. The first kappa shape index (κ1) is 10.5. The number of pyridine rings is 1. The van der Waals surface area contributed by atoms with Crippen LogP contribution in [0.25, 0.3) is 5.76 Å². The summed E-state index contributed by atoms with van der Waals surface area (Å²) in [5, 5.41) is 9.83. The normalized spacial score (nSPS) is 12.1. The molecule has 74 valence electrons. The number of aryl methyl sites for hydroxylation is 1. The first-order chi connectivity index (χ1) is 6.70. The van der Waals surface area contributed by atoms with E-state index in [0.717, 1.165) is 5.56 Å². The van der Waals surface area contributed by atoms with E-state index in [9.17, 15) is 5.11 Å². The third-order valence-corrected chi connectivity index (χ3v) is 2.00. The predicted molar refractivity (Wildman–Crippen MR) is 57.8 cm³/mol. The fourth-order valence-electron chi connectivity index (χ4n) is 1.16. The van der Waals surface area contributed by atoms with Crippen molar-refractivity contribution < 1.29 is 5.11 Å². The molecule has 3 N–H and O–H groups in total. The van der Waals surface area contributed by atoms with Crippen LogP contribution in [0.4, 0.5) is 0 Å². The Morgan fingerprint density at radius 3 is 2.93 bits per heavy atom. The van der Waals surface area contributed by atoms with Gasteiger partial charge in [-0.1, -0.05) is 18.7 Å². The van der Waals surface area contributed by atoms with E-state index < -0.39 is 0 Å². The fourth-order valence-corrected chi connectivity index (χ4v) is 1.16. The summed E-state index contributed by atoms with van der Waals surface area (Å²) in [4.78, 5) is 4.08. The van der Waals surface area contributed by atoms with E-state index in [4.69, 9.17) is 5.73 Å². The molecule has 1 heterocycles. The van der Waals surface area contributed by atoms with E-state index in [1.165, 1.54) is 0 Å². The topological polar surface area (TPSA) is 59.1 Å². The minimum absolute atomic E-state index is 0.112. The molecule has 0 spiro atoms. The highest BCUT2D eigenvalue weighted by atomic mass is 16.3. The zero-order valence-electron chi connectivity index (χ0n) is 8.20. The Morgan fingerprint density at radius 1 is 1.71 bits per heavy atom. The summed E-state index contributed by atoms with van der Waals surface area (Å²) in [7, 11) is 0. The first-order valence-corrected chi connectivity index (χ1v) is 4.37. The van der Waals surface area contributed by atoms with Crippen LogP contribution in [0, 0.1) is 6.92 Å². The molecule has 1 aromatic heterocycles. The summed E-state index contributed by atoms with van der Waals surface area (Å²) < 4.78 is 0. The molecular weight excluding hydrogens is 176 g/mol. The van der Waals surface area contributed by atoms with E-state index in [1.54, 1.807) is 12.3 Å². The van der Waals surface area contributed by atoms with Crippen molar-refractivity contribution in [2.75, 3.05) is 6.54 Å². The third-order valence-electron chi connectivity index (χ3n) is 2.00. The van der Waals surface area contributed by atoms with Crippen molar-refractivity contribution in [1.82, 2.24) is 4.98 Å². The van der Waals surface area contributed by atoms with Gasteiger partial charge in [0.05, 0.1) is 0 Å². The Morgan fingerprint density at radius 2 is 2.43 bits per heavy atom. The maximum Gasteiger partial charge on any atom is 0.145 e. The molecule has 0 aliphatic carbocycles. The van der Waals surface area contributed by atoms with Crippen LogP contribution in [0.1, 0.15) is 11.3 Å². The standard InChI is InChI=1S/C11H14N2O/c1-3-9(7-12)11(14)10-8(2)5-4-6-13-10/h3-6,14H,1,7,12H2,2H3/b11-9-. The van der Waals surface area contributed by atoms with E-state index in [2.05, 4.69) is 11.6 Å². The smallest absolute Gasteiger partial charge is 0.145 e. The van der Waals surface area contributed by atoms with Gasteiger partial charge < -0.3 is 10.8 Å². The van der Waals surface area contributed by atoms with Crippen LogP contribution in [-0.2, 0) is 0 Å². The van der Waals surface area contributed by atoms with Crippen molar-refractivity contribution in [1.29, 1.82) is 0 Å². The summed E-state index contributed by atoms with van der Waals surface area (Å²) in [6, 6.07) is 3.71. The number of hydrogen-bond acceptors (Lipinski definition) is 3. The zero-order valence-corrected chi connectivity index (χ0v) is 8.20. The van der Waals surface area contributed by atoms with Crippen molar-refractivity contribution in [3.05, 3.63) is 47.8 Å². The van der Waals surface area contributed by atoms with Crippen molar-refractivity contribution in [3.63, 3.8) is 0 Å². The molecular formula is C11H14N2O. The van der Waals surface area contributed by atoms with Crippen molar-refractivity contribution in [3.8, 4) is 0 Å². The fraction of sp³-hybridized carbons (Fsp3) is 0.182. The van der Waals surface area contributed by atoms with Crippen LogP contribution < -0.4 is 5.73 Å². The van der Waals surface area contributed by atoms with Gasteiger partial charge in [0.1, 0.15) is 11.5 Å². The van der Waals surface area contributed by atoms with Gasteiger partial charge in [-0.2, -0.15) is 0 Å². The molecule has 0 radical (unpaired) electrons. The number of aliphatic hydroxyl groups excluding tert-OH is 1. The highest BCUT2D eigenvalue weighted by Crippen LogP contribution is 2.16. The second-order valence-corrected chi connectivity index (χ2v) is 2.95. The van der Waals surface area contributed by atoms with Crippen molar-refractivity contribution in [2.45, 2.75) is 6.92 Å². The molecule has 0 saturated heterocycles. The quantitative estimate of drug-likeness (QED) is 0.564. The van der Waals surface area contributed by atoms with Gasteiger partial charge in [-0.25, -0.2) is 0 Å². The van der Waals surface area contributed by atoms with Gasteiger partial charge in [0, 0.05) is 18.3 Å². The molecule has 0 saturated carbocycles. The summed E-state index contributed by atoms with van der Waals surface area (Å²) in [6.45, 7) is 5.72. The lowest BCUT2D eigenvalue weighted by Crippen LogP contribution is -2.05. The molecule has 0 aliphatic rings. The minimum atomic E-state index is 0.112. The Balaban J connectivity index is 3.23. The Hall–Kier alpha value is -1.61. The summed E-state index contributed by atoms with van der Waals surface area (Å²) in [5.41, 5.74) is 7.54. The second kappa shape index (κ2) is 4.58. The molecule has 0 unspecified atom stereocenters. The summed E-state index contributed by atoms with van der Waals surface area (Å²) >= 11 is 0. The number of aliphatic hydroxyl groups is 1. The van der Waals surface area contributed by atoms with Crippen LogP contribution in [-0.4, -0.2) is 16.6 Å². The van der Waals surface area contributed by atoms with Crippen LogP contribution >= 0.6 is 0 Å². The number of nitrogens with zero attached hydrogens (tertiary/aromatic N) is 1. The molecule has 1 rings (SSSR count). The first-order valence-electron chi connectivity index (χ1n) is 4.37. The van der Waals surface area contributed by atoms with Crippen molar-refractivity contribution in [2.24, 2.45) is 5.73 Å². The Labute approximate surface area is 83.6 Å². The summed E-state index contributed by atoms with van der Waals surface area (Å²) in [5.74, 6) is 0.112. The molecule has 0 fully saturated rings. The maximum absolute atomic E-state index is 9.83. The third kappa shape index (κ3) is 2.00. The number of hydrogen-bond donors (Lipinski definition) is 2. The molecule has 0 atom stereocenters. The molecule has 0 aromatic carbocycles. The summed E-state index contributed by atoms with van der Waals surface area (Å²) in [6.07, 6.45) is 3.18. The van der Waals surface area contributed by atoms with Gasteiger partial charge in [-0.15, -0.1) is 0 Å². The van der Waals surface area contributed by atoms with E-state index in [-0.39, 0.29) is 12.3 Å². The predicted octanol–water partition coefficient (Wildman–Crippen LogP) is 1.80. The lowest BCUT2D eigenvalue weighted by atomic mass is 10.1. The highest BCUT2D eigenvalue weighted by molar-refractivity contribution is 5.63. The van der Waals surface area contributed by atoms with Crippen LogP contribution in [0.2, 0.25) is 0 Å². The van der Waals surface area contributed by atoms with Crippen LogP contribution in [0.3, 0.4) is 0 Å². The van der Waals surface area contributed by atoms with Gasteiger partial charge in [-0.05, 0) is 18.6 Å². The van der Waals surface area contributed by atoms with E-state index in [0.29, 0.717) is 11.3 Å². The SMILES string of the molecule is C=C/C(CN)=C(/O)c1ncccc1C. The Bertz CT molecular complexity index is 369. The number of aromatic nitrogens is 1. The Kier molecular flexibility index (Phi) is 3.42. The lowest BCUT2D eigenvalue weighted by Gasteiger charge is -2.06. The number of nitrogens with two attached hydrogens (primary N) is 1. The van der Waals surface area contributed by atoms with Gasteiger partial charge >= 0.3 is 0 Å². The maximum atomic E-state index is 9.83. The largest absolute Gasteiger partial charge is 0.505 e. The van der Waals surface area contributed by atoms with Crippen molar-refractivity contribution >= 4 is 5.76 Å². The minimum Gasteiger partial charge on any atom is -0.505 e. The molecule has 14 heavy (non-hydrogen) atoms. The molecule has 1 aromatic rings. The zero-order chi connectivity index (χ0) is 10.6. The molecule has 0 amide bonds. The van der Waals surface area contributed by atoms with E-state index in [1.807, 2.05) is 19.1 Å². The monoisotopic (exact) mass is 190 g/mol.